The summed E-state index contributed by atoms with van der Waals surface area (Å²) >= 11 is 0. The first-order valence-electron chi connectivity index (χ1n) is 8.44. The zero-order valence-corrected chi connectivity index (χ0v) is 15.7. The second-order valence-electron chi connectivity index (χ2n) is 6.35. The number of hydrogen-bond acceptors (Lipinski definition) is 6. The number of rotatable bonds is 6. The van der Waals surface area contributed by atoms with Gasteiger partial charge in [0, 0.05) is 40.8 Å². The Morgan fingerprint density at radius 2 is 1.48 bits per heavy atom. The van der Waals surface area contributed by atoms with Crippen LogP contribution < -0.4 is 5.32 Å². The number of carboxylic acid groups (broad SMARTS) is 1. The molecule has 0 saturated carbocycles. The molecule has 3 N–H and O–H groups in total. The Balaban J connectivity index is 1.90. The first-order chi connectivity index (χ1) is 13.6. The summed E-state index contributed by atoms with van der Waals surface area (Å²) in [6.07, 6.45) is 0.146. The van der Waals surface area contributed by atoms with E-state index in [-0.39, 0.29) is 47.2 Å². The zero-order chi connectivity index (χ0) is 21.3. The molecule has 29 heavy (non-hydrogen) atoms. The number of carboxylic acids is 1. The van der Waals surface area contributed by atoms with Crippen LogP contribution in [0.5, 0.6) is 0 Å². The van der Waals surface area contributed by atoms with E-state index in [1.165, 1.54) is 18.2 Å². The third kappa shape index (κ3) is 4.08. The average Bonchev–Trinajstić information content (AvgIpc) is 2.67. The van der Waals surface area contributed by atoms with Crippen LogP contribution in [0.25, 0.3) is 0 Å². The summed E-state index contributed by atoms with van der Waals surface area (Å²) in [4.78, 5) is 47.7. The van der Waals surface area contributed by atoms with Crippen LogP contribution in [0, 0.1) is 0 Å². The van der Waals surface area contributed by atoms with Gasteiger partial charge in [-0.2, -0.15) is 8.42 Å². The monoisotopic (exact) mass is 417 g/mol. The molecule has 0 radical (unpaired) electrons. The Hall–Kier alpha value is -3.37. The van der Waals surface area contributed by atoms with Crippen LogP contribution in [0.15, 0.2) is 41.3 Å². The smallest absolute Gasteiger partial charge is 0.303 e. The molecule has 0 aliphatic heterocycles. The molecule has 9 nitrogen and oxygen atoms in total. The first kappa shape index (κ1) is 20.4. The lowest BCUT2D eigenvalue weighted by Gasteiger charge is -2.18. The van der Waals surface area contributed by atoms with Crippen molar-refractivity contribution >= 4 is 33.6 Å². The molecule has 10 heteroatoms. The maximum Gasteiger partial charge on any atom is 0.303 e. The van der Waals surface area contributed by atoms with E-state index in [9.17, 15) is 27.6 Å². The Labute approximate surface area is 165 Å². The minimum Gasteiger partial charge on any atom is -0.481 e. The normalized spacial score (nSPS) is 12.9. The van der Waals surface area contributed by atoms with Crippen molar-refractivity contribution in [2.75, 3.05) is 6.54 Å². The van der Waals surface area contributed by atoms with Crippen molar-refractivity contribution in [2.45, 2.75) is 17.7 Å². The second-order valence-corrected chi connectivity index (χ2v) is 7.78. The molecule has 2 aromatic rings. The van der Waals surface area contributed by atoms with Crippen molar-refractivity contribution in [3.63, 3.8) is 0 Å². The summed E-state index contributed by atoms with van der Waals surface area (Å²) in [5.74, 6) is -2.66. The maximum absolute atomic E-state index is 12.8. The highest BCUT2D eigenvalue weighted by atomic mass is 32.2. The number of carbonyl (C=O) groups is 4. The van der Waals surface area contributed by atoms with E-state index in [4.69, 9.17) is 9.66 Å². The molecule has 1 aliphatic carbocycles. The van der Waals surface area contributed by atoms with Crippen LogP contribution in [0.1, 0.15) is 55.0 Å². The number of fused-ring (bicyclic) bond motifs is 2. The van der Waals surface area contributed by atoms with Crippen LogP contribution in [0.2, 0.25) is 0 Å². The summed E-state index contributed by atoms with van der Waals surface area (Å²) in [5, 5.41) is 11.1. The highest BCUT2D eigenvalue weighted by Gasteiger charge is 2.31. The number of ketones is 2. The van der Waals surface area contributed by atoms with Crippen LogP contribution in [-0.4, -0.2) is 48.1 Å². The van der Waals surface area contributed by atoms with Crippen LogP contribution >= 0.6 is 0 Å². The predicted octanol–water partition coefficient (Wildman–Crippen LogP) is 1.30. The SMILES string of the molecule is O=C(O)CCCNC(=O)c1ccc2c(c1)C(=O)c1ccc(S(=O)(=O)O)cc1C2=O. The van der Waals surface area contributed by atoms with E-state index in [1.54, 1.807) is 0 Å². The van der Waals surface area contributed by atoms with E-state index in [2.05, 4.69) is 5.32 Å². The molecule has 0 aromatic heterocycles. The van der Waals surface area contributed by atoms with Gasteiger partial charge in [-0.05, 0) is 42.8 Å². The molecule has 0 atom stereocenters. The van der Waals surface area contributed by atoms with Crippen molar-refractivity contribution in [1.29, 1.82) is 0 Å². The molecule has 1 aliphatic rings. The van der Waals surface area contributed by atoms with E-state index >= 15 is 0 Å². The minimum absolute atomic E-state index is 0.000270. The van der Waals surface area contributed by atoms with Gasteiger partial charge in [0.05, 0.1) is 4.90 Å². The molecule has 0 heterocycles. The molecule has 0 fully saturated rings. The number of benzene rings is 2. The average molecular weight is 417 g/mol. The Kier molecular flexibility index (Phi) is 5.31. The highest BCUT2D eigenvalue weighted by molar-refractivity contribution is 7.85. The Morgan fingerprint density at radius 3 is 2.07 bits per heavy atom. The van der Waals surface area contributed by atoms with E-state index in [1.807, 2.05) is 0 Å². The fourth-order valence-electron chi connectivity index (χ4n) is 2.97. The lowest BCUT2D eigenvalue weighted by molar-refractivity contribution is -0.137. The minimum atomic E-state index is -4.54. The van der Waals surface area contributed by atoms with Crippen molar-refractivity contribution in [2.24, 2.45) is 0 Å². The molecule has 2 aromatic carbocycles. The number of nitrogens with one attached hydrogen (secondary N) is 1. The summed E-state index contributed by atoms with van der Waals surface area (Å²) in [7, 11) is -4.54. The Bertz CT molecular complexity index is 1170. The number of aliphatic carboxylic acids is 1. The quantitative estimate of drug-likeness (QED) is 0.400. The fraction of sp³-hybridized carbons (Fsp3) is 0.158. The standard InChI is InChI=1S/C19H15NO8S/c21-16(22)2-1-7-20-19(25)10-3-5-12-14(8-10)17(23)13-6-4-11(29(26,27)28)9-15(13)18(12)24/h3-6,8-9H,1-2,7H2,(H,20,25)(H,21,22)(H,26,27,28). The lowest BCUT2D eigenvalue weighted by atomic mass is 9.83. The van der Waals surface area contributed by atoms with Crippen LogP contribution in [0.3, 0.4) is 0 Å². The van der Waals surface area contributed by atoms with Gasteiger partial charge >= 0.3 is 5.97 Å². The fourth-order valence-corrected chi connectivity index (χ4v) is 3.48. The van der Waals surface area contributed by atoms with Gasteiger partial charge in [0.1, 0.15) is 0 Å². The molecule has 0 spiro atoms. The van der Waals surface area contributed by atoms with E-state index in [0.717, 1.165) is 18.2 Å². The van der Waals surface area contributed by atoms with Gasteiger partial charge in [0.15, 0.2) is 11.6 Å². The summed E-state index contributed by atoms with van der Waals surface area (Å²) < 4.78 is 31.8. The lowest BCUT2D eigenvalue weighted by Crippen LogP contribution is -2.26. The van der Waals surface area contributed by atoms with Gasteiger partial charge in [0.2, 0.25) is 0 Å². The third-order valence-electron chi connectivity index (χ3n) is 4.40. The second kappa shape index (κ2) is 7.57. The molecule has 0 unspecified atom stereocenters. The van der Waals surface area contributed by atoms with Crippen molar-refractivity contribution < 1.29 is 37.3 Å². The number of carbonyl (C=O) groups excluding carboxylic acids is 3. The van der Waals surface area contributed by atoms with E-state index in [0.29, 0.717) is 0 Å². The van der Waals surface area contributed by atoms with Crippen LogP contribution in [-0.2, 0) is 14.9 Å². The summed E-state index contributed by atoms with van der Waals surface area (Å²) in [6, 6.07) is 7.00. The number of hydrogen-bond donors (Lipinski definition) is 3. The van der Waals surface area contributed by atoms with Gasteiger partial charge in [-0.3, -0.25) is 23.7 Å². The maximum atomic E-state index is 12.8. The van der Waals surface area contributed by atoms with Gasteiger partial charge in [-0.25, -0.2) is 0 Å². The molecule has 0 bridgehead atoms. The van der Waals surface area contributed by atoms with Gasteiger partial charge in [-0.1, -0.05) is 0 Å². The van der Waals surface area contributed by atoms with Gasteiger partial charge < -0.3 is 10.4 Å². The molecule has 150 valence electrons. The van der Waals surface area contributed by atoms with E-state index < -0.39 is 38.5 Å². The molecule has 3 rings (SSSR count). The largest absolute Gasteiger partial charge is 0.481 e. The summed E-state index contributed by atoms with van der Waals surface area (Å²) in [5.41, 5.74) is -0.0478. The molecule has 0 saturated heterocycles. The van der Waals surface area contributed by atoms with Crippen molar-refractivity contribution in [1.82, 2.24) is 5.32 Å². The van der Waals surface area contributed by atoms with Crippen molar-refractivity contribution in [3.8, 4) is 0 Å². The van der Waals surface area contributed by atoms with Crippen molar-refractivity contribution in [3.05, 3.63) is 64.2 Å². The topological polar surface area (TPSA) is 155 Å². The summed E-state index contributed by atoms with van der Waals surface area (Å²) in [6.45, 7) is 0.135. The molecular formula is C19H15NO8S. The van der Waals surface area contributed by atoms with Gasteiger partial charge in [-0.15, -0.1) is 0 Å². The first-order valence-corrected chi connectivity index (χ1v) is 9.88. The predicted molar refractivity (Wildman–Crippen MR) is 98.8 cm³/mol. The van der Waals surface area contributed by atoms with Crippen LogP contribution in [0.4, 0.5) is 0 Å². The number of amides is 1. The highest BCUT2D eigenvalue weighted by Crippen LogP contribution is 2.29. The Morgan fingerprint density at radius 1 is 0.897 bits per heavy atom. The molecule has 1 amide bonds. The van der Waals surface area contributed by atoms with Gasteiger partial charge in [0.25, 0.3) is 16.0 Å². The molecular weight excluding hydrogens is 402 g/mol. The zero-order valence-electron chi connectivity index (χ0n) is 14.8. The third-order valence-corrected chi connectivity index (χ3v) is 5.25.